The van der Waals surface area contributed by atoms with Crippen LogP contribution in [0.2, 0.25) is 0 Å². The van der Waals surface area contributed by atoms with E-state index in [1.807, 2.05) is 12.1 Å². The smallest absolute Gasteiger partial charge is 0.251 e. The molecule has 5 rings (SSSR count). The molecule has 1 heterocycles. The van der Waals surface area contributed by atoms with Gasteiger partial charge in [0.15, 0.2) is 0 Å². The molecule has 1 amide bonds. The number of ether oxygens (including phenoxy) is 1. The van der Waals surface area contributed by atoms with Crippen LogP contribution in [-0.2, 0) is 30.5 Å². The van der Waals surface area contributed by atoms with Gasteiger partial charge in [-0.25, -0.2) is 0 Å². The van der Waals surface area contributed by atoms with Crippen molar-refractivity contribution in [2.45, 2.75) is 83.2 Å². The van der Waals surface area contributed by atoms with Gasteiger partial charge in [0.05, 0.1) is 0 Å². The lowest BCUT2D eigenvalue weighted by molar-refractivity contribution is 0.0662. The van der Waals surface area contributed by atoms with E-state index in [9.17, 15) is 4.79 Å². The number of benzene rings is 2. The standard InChI is InChI=1S/C31H42N2O2/c34-31(27-9-6-24(7-10-27)18-23-4-2-1-3-5-23)33-30-13-12-28-19-26(8-11-29(28)20-30)22-32-21-25-14-16-35-17-15-25/h6-11,19,23,25,30,32H,1-5,12-18,20-22H2,(H,33,34). The highest BCUT2D eigenvalue weighted by atomic mass is 16.5. The van der Waals surface area contributed by atoms with Crippen LogP contribution in [0.15, 0.2) is 42.5 Å². The summed E-state index contributed by atoms with van der Waals surface area (Å²) in [7, 11) is 0. The molecule has 2 fully saturated rings. The van der Waals surface area contributed by atoms with Crippen LogP contribution in [0.5, 0.6) is 0 Å². The first-order chi connectivity index (χ1) is 17.2. The van der Waals surface area contributed by atoms with Gasteiger partial charge in [0.2, 0.25) is 0 Å². The normalized spacial score (nSPS) is 21.4. The summed E-state index contributed by atoms with van der Waals surface area (Å²) in [5.41, 5.74) is 6.37. The van der Waals surface area contributed by atoms with E-state index >= 15 is 0 Å². The van der Waals surface area contributed by atoms with E-state index in [0.29, 0.717) is 0 Å². The second kappa shape index (κ2) is 12.2. The SMILES string of the molecule is O=C(NC1CCc2cc(CNCC3CCOCC3)ccc2C1)c1ccc(CC2CCCCC2)cc1. The molecule has 0 spiro atoms. The summed E-state index contributed by atoms with van der Waals surface area (Å²) < 4.78 is 5.46. The van der Waals surface area contributed by atoms with E-state index in [2.05, 4.69) is 41.0 Å². The summed E-state index contributed by atoms with van der Waals surface area (Å²) in [6.45, 7) is 3.83. The number of amides is 1. The molecule has 1 unspecified atom stereocenters. The van der Waals surface area contributed by atoms with Crippen molar-refractivity contribution in [3.63, 3.8) is 0 Å². The van der Waals surface area contributed by atoms with Gasteiger partial charge in [0.1, 0.15) is 0 Å². The molecule has 1 saturated heterocycles. The Morgan fingerprint density at radius 3 is 2.40 bits per heavy atom. The fourth-order valence-electron chi connectivity index (χ4n) is 6.20. The molecule has 2 aromatic rings. The predicted octanol–water partition coefficient (Wildman–Crippen LogP) is 5.61. The third kappa shape index (κ3) is 6.95. The zero-order chi connectivity index (χ0) is 23.9. The molecule has 3 aliphatic rings. The molecule has 0 bridgehead atoms. The van der Waals surface area contributed by atoms with Crippen molar-refractivity contribution in [3.8, 4) is 0 Å². The predicted molar refractivity (Wildman–Crippen MR) is 142 cm³/mol. The molecule has 35 heavy (non-hydrogen) atoms. The molecule has 1 atom stereocenters. The molecule has 1 aliphatic heterocycles. The highest BCUT2D eigenvalue weighted by Crippen LogP contribution is 2.27. The first-order valence-corrected chi connectivity index (χ1v) is 14.0. The molecule has 0 radical (unpaired) electrons. The minimum absolute atomic E-state index is 0.0663. The lowest BCUT2D eigenvalue weighted by Gasteiger charge is -2.26. The van der Waals surface area contributed by atoms with E-state index in [0.717, 1.165) is 69.4 Å². The van der Waals surface area contributed by atoms with Gasteiger partial charge in [-0.05, 0) is 91.3 Å². The largest absolute Gasteiger partial charge is 0.381 e. The Balaban J connectivity index is 1.08. The van der Waals surface area contributed by atoms with Gasteiger partial charge in [-0.15, -0.1) is 0 Å². The third-order valence-electron chi connectivity index (χ3n) is 8.40. The van der Waals surface area contributed by atoms with Gasteiger partial charge in [-0.2, -0.15) is 0 Å². The van der Waals surface area contributed by atoms with Crippen LogP contribution in [0, 0.1) is 11.8 Å². The summed E-state index contributed by atoms with van der Waals surface area (Å²) >= 11 is 0. The monoisotopic (exact) mass is 474 g/mol. The number of carbonyl (C=O) groups excluding carboxylic acids is 1. The highest BCUT2D eigenvalue weighted by molar-refractivity contribution is 5.94. The Kier molecular flexibility index (Phi) is 8.54. The number of hydrogen-bond acceptors (Lipinski definition) is 3. The number of aryl methyl sites for hydroxylation is 1. The molecular formula is C31H42N2O2. The average Bonchev–Trinajstić information content (AvgIpc) is 2.90. The van der Waals surface area contributed by atoms with Crippen LogP contribution >= 0.6 is 0 Å². The molecule has 2 N–H and O–H groups in total. The van der Waals surface area contributed by atoms with Gasteiger partial charge < -0.3 is 15.4 Å². The Bertz CT molecular complexity index is 958. The van der Waals surface area contributed by atoms with E-state index in [1.54, 1.807) is 0 Å². The summed E-state index contributed by atoms with van der Waals surface area (Å²) in [5, 5.41) is 6.95. The Labute approximate surface area is 211 Å². The van der Waals surface area contributed by atoms with Crippen LogP contribution in [-0.4, -0.2) is 31.7 Å². The minimum Gasteiger partial charge on any atom is -0.381 e. The quantitative estimate of drug-likeness (QED) is 0.523. The van der Waals surface area contributed by atoms with E-state index < -0.39 is 0 Å². The van der Waals surface area contributed by atoms with Gasteiger partial charge in [-0.3, -0.25) is 4.79 Å². The lowest BCUT2D eigenvalue weighted by atomic mass is 9.85. The van der Waals surface area contributed by atoms with Gasteiger partial charge in [0, 0.05) is 31.4 Å². The summed E-state index contributed by atoms with van der Waals surface area (Å²) in [5.74, 6) is 1.64. The minimum atomic E-state index is 0.0663. The van der Waals surface area contributed by atoms with Crippen molar-refractivity contribution < 1.29 is 9.53 Å². The fourth-order valence-corrected chi connectivity index (χ4v) is 6.20. The van der Waals surface area contributed by atoms with Crippen LogP contribution in [0.1, 0.15) is 84.0 Å². The molecule has 4 heteroatoms. The van der Waals surface area contributed by atoms with Crippen LogP contribution in [0.4, 0.5) is 0 Å². The van der Waals surface area contributed by atoms with Crippen molar-refractivity contribution in [1.29, 1.82) is 0 Å². The number of nitrogens with one attached hydrogen (secondary N) is 2. The zero-order valence-corrected chi connectivity index (χ0v) is 21.2. The van der Waals surface area contributed by atoms with Crippen LogP contribution in [0.25, 0.3) is 0 Å². The summed E-state index contributed by atoms with van der Waals surface area (Å²) in [6.07, 6.45) is 13.4. The van der Waals surface area contributed by atoms with Gasteiger partial charge in [-0.1, -0.05) is 62.4 Å². The Hall–Kier alpha value is -2.17. The second-order valence-electron chi connectivity index (χ2n) is 11.1. The number of fused-ring (bicyclic) bond motifs is 1. The van der Waals surface area contributed by atoms with Crippen LogP contribution in [0.3, 0.4) is 0 Å². The van der Waals surface area contributed by atoms with Crippen molar-refractivity contribution in [3.05, 3.63) is 70.3 Å². The molecule has 2 aliphatic carbocycles. The average molecular weight is 475 g/mol. The lowest BCUT2D eigenvalue weighted by Crippen LogP contribution is -2.38. The third-order valence-corrected chi connectivity index (χ3v) is 8.40. The second-order valence-corrected chi connectivity index (χ2v) is 11.1. The van der Waals surface area contributed by atoms with Crippen molar-refractivity contribution in [2.75, 3.05) is 19.8 Å². The van der Waals surface area contributed by atoms with Crippen LogP contribution < -0.4 is 10.6 Å². The molecule has 0 aromatic heterocycles. The highest BCUT2D eigenvalue weighted by Gasteiger charge is 2.21. The van der Waals surface area contributed by atoms with Crippen molar-refractivity contribution in [2.24, 2.45) is 11.8 Å². The fraction of sp³-hybridized carbons (Fsp3) is 0.581. The molecule has 4 nitrogen and oxygen atoms in total. The Morgan fingerprint density at radius 1 is 0.829 bits per heavy atom. The number of rotatable bonds is 8. The zero-order valence-electron chi connectivity index (χ0n) is 21.2. The van der Waals surface area contributed by atoms with Gasteiger partial charge in [0.25, 0.3) is 5.91 Å². The maximum atomic E-state index is 12.9. The van der Waals surface area contributed by atoms with E-state index in [-0.39, 0.29) is 11.9 Å². The first kappa shape index (κ1) is 24.5. The Morgan fingerprint density at radius 2 is 1.60 bits per heavy atom. The van der Waals surface area contributed by atoms with Crippen molar-refractivity contribution >= 4 is 5.91 Å². The summed E-state index contributed by atoms with van der Waals surface area (Å²) in [6, 6.07) is 15.5. The van der Waals surface area contributed by atoms with E-state index in [1.165, 1.54) is 67.2 Å². The summed E-state index contributed by atoms with van der Waals surface area (Å²) in [4.78, 5) is 12.9. The maximum absolute atomic E-state index is 12.9. The molecule has 188 valence electrons. The van der Waals surface area contributed by atoms with Gasteiger partial charge >= 0.3 is 0 Å². The molecule has 1 saturated carbocycles. The first-order valence-electron chi connectivity index (χ1n) is 14.0. The maximum Gasteiger partial charge on any atom is 0.251 e. The molecular weight excluding hydrogens is 432 g/mol. The molecule has 2 aromatic carbocycles. The topological polar surface area (TPSA) is 50.4 Å². The number of carbonyl (C=O) groups is 1. The number of hydrogen-bond donors (Lipinski definition) is 2. The van der Waals surface area contributed by atoms with E-state index in [4.69, 9.17) is 4.74 Å². The van der Waals surface area contributed by atoms with Crippen molar-refractivity contribution in [1.82, 2.24) is 10.6 Å².